The molecule has 0 aliphatic carbocycles. The fourth-order valence-corrected chi connectivity index (χ4v) is 1.58. The molecule has 0 bridgehead atoms. The average Bonchev–Trinajstić information content (AvgIpc) is 2.37. The first-order valence-corrected chi connectivity index (χ1v) is 5.84. The van der Waals surface area contributed by atoms with Crippen LogP contribution in [0, 0.1) is 0 Å². The molecule has 0 aliphatic rings. The van der Waals surface area contributed by atoms with Gasteiger partial charge in [0.1, 0.15) is 17.1 Å². The molecule has 1 aromatic rings. The molecule has 4 heteroatoms. The van der Waals surface area contributed by atoms with Gasteiger partial charge in [0.25, 0.3) is 0 Å². The Balaban J connectivity index is 3.10. The van der Waals surface area contributed by atoms with Crippen molar-refractivity contribution in [3.63, 3.8) is 0 Å². The van der Waals surface area contributed by atoms with Crippen LogP contribution in [0.15, 0.2) is 18.7 Å². The first-order chi connectivity index (χ1) is 8.63. The van der Waals surface area contributed by atoms with Crippen LogP contribution in [-0.2, 0) is 0 Å². The number of carboxylic acids is 1. The predicted octanol–water partition coefficient (Wildman–Crippen LogP) is 3.22. The molecule has 98 valence electrons. The Morgan fingerprint density at radius 2 is 2.22 bits per heavy atom. The van der Waals surface area contributed by atoms with E-state index in [4.69, 9.17) is 14.6 Å². The third-order valence-electron chi connectivity index (χ3n) is 2.53. The first-order valence-electron chi connectivity index (χ1n) is 5.84. The highest BCUT2D eigenvalue weighted by Crippen LogP contribution is 2.29. The monoisotopic (exact) mass is 250 g/mol. The zero-order valence-corrected chi connectivity index (χ0v) is 10.7. The van der Waals surface area contributed by atoms with E-state index in [-0.39, 0.29) is 11.3 Å². The second kappa shape index (κ2) is 6.69. The standard InChI is InChI=1S/C14H18O4/c1-4-6-7-18-11-8-10(5-2)13(14(15)16)12(9-11)17-3/h5,8-9H,2,4,6-7H2,1,3H3,(H,15,16). The molecule has 0 aromatic heterocycles. The smallest absolute Gasteiger partial charge is 0.340 e. The second-order valence-corrected chi connectivity index (χ2v) is 3.80. The number of methoxy groups -OCH3 is 1. The van der Waals surface area contributed by atoms with Crippen LogP contribution in [0.5, 0.6) is 11.5 Å². The maximum atomic E-state index is 11.2. The van der Waals surface area contributed by atoms with Gasteiger partial charge in [-0.05, 0) is 18.1 Å². The third kappa shape index (κ3) is 3.26. The maximum Gasteiger partial charge on any atom is 0.340 e. The molecule has 1 N–H and O–H groups in total. The minimum atomic E-state index is -1.04. The number of ether oxygens (including phenoxy) is 2. The number of benzene rings is 1. The summed E-state index contributed by atoms with van der Waals surface area (Å²) in [5.41, 5.74) is 0.601. The largest absolute Gasteiger partial charge is 0.496 e. The van der Waals surface area contributed by atoms with Gasteiger partial charge >= 0.3 is 5.97 Å². The summed E-state index contributed by atoms with van der Waals surface area (Å²) in [4.78, 5) is 11.2. The van der Waals surface area contributed by atoms with Crippen molar-refractivity contribution in [3.05, 3.63) is 29.8 Å². The summed E-state index contributed by atoms with van der Waals surface area (Å²) in [6.45, 7) is 6.29. The Morgan fingerprint density at radius 3 is 2.72 bits per heavy atom. The van der Waals surface area contributed by atoms with Crippen molar-refractivity contribution in [2.45, 2.75) is 19.8 Å². The van der Waals surface area contributed by atoms with Gasteiger partial charge in [-0.3, -0.25) is 0 Å². The molecule has 0 heterocycles. The van der Waals surface area contributed by atoms with Crippen molar-refractivity contribution in [3.8, 4) is 11.5 Å². The van der Waals surface area contributed by atoms with Crippen molar-refractivity contribution >= 4 is 12.0 Å². The van der Waals surface area contributed by atoms with Gasteiger partial charge in [0, 0.05) is 6.07 Å². The van der Waals surface area contributed by atoms with Gasteiger partial charge < -0.3 is 14.6 Å². The van der Waals surface area contributed by atoms with Crippen LogP contribution in [0.2, 0.25) is 0 Å². The molecular weight excluding hydrogens is 232 g/mol. The number of hydrogen-bond donors (Lipinski definition) is 1. The summed E-state index contributed by atoms with van der Waals surface area (Å²) < 4.78 is 10.6. The molecule has 0 atom stereocenters. The highest BCUT2D eigenvalue weighted by atomic mass is 16.5. The van der Waals surface area contributed by atoms with Crippen LogP contribution in [0.25, 0.3) is 6.08 Å². The lowest BCUT2D eigenvalue weighted by Crippen LogP contribution is -2.05. The van der Waals surface area contributed by atoms with Gasteiger partial charge in [-0.15, -0.1) is 0 Å². The zero-order chi connectivity index (χ0) is 13.5. The number of carbonyl (C=O) groups is 1. The highest BCUT2D eigenvalue weighted by Gasteiger charge is 2.16. The fourth-order valence-electron chi connectivity index (χ4n) is 1.58. The van der Waals surface area contributed by atoms with E-state index in [2.05, 4.69) is 13.5 Å². The number of aromatic carboxylic acids is 1. The SMILES string of the molecule is C=Cc1cc(OCCCC)cc(OC)c1C(=O)O. The van der Waals surface area contributed by atoms with Crippen molar-refractivity contribution < 1.29 is 19.4 Å². The molecule has 1 rings (SSSR count). The summed E-state index contributed by atoms with van der Waals surface area (Å²) in [7, 11) is 1.43. The van der Waals surface area contributed by atoms with Crippen LogP contribution in [0.3, 0.4) is 0 Å². The Morgan fingerprint density at radius 1 is 1.50 bits per heavy atom. The Kier molecular flexibility index (Phi) is 5.24. The lowest BCUT2D eigenvalue weighted by atomic mass is 10.1. The number of hydrogen-bond acceptors (Lipinski definition) is 3. The first kappa shape index (κ1) is 14.1. The van der Waals surface area contributed by atoms with E-state index in [1.807, 2.05) is 0 Å². The van der Waals surface area contributed by atoms with Gasteiger partial charge in [0.15, 0.2) is 0 Å². The number of carboxylic acid groups (broad SMARTS) is 1. The van der Waals surface area contributed by atoms with E-state index in [9.17, 15) is 4.79 Å². The Hall–Kier alpha value is -1.97. The predicted molar refractivity (Wildman–Crippen MR) is 70.4 cm³/mol. The van der Waals surface area contributed by atoms with Crippen molar-refractivity contribution in [1.82, 2.24) is 0 Å². The Bertz CT molecular complexity index is 438. The van der Waals surface area contributed by atoms with Crippen LogP contribution < -0.4 is 9.47 Å². The quantitative estimate of drug-likeness (QED) is 0.755. The van der Waals surface area contributed by atoms with Gasteiger partial charge in [-0.1, -0.05) is 26.0 Å². The van der Waals surface area contributed by atoms with E-state index in [1.165, 1.54) is 13.2 Å². The van der Waals surface area contributed by atoms with Crippen LogP contribution in [0.4, 0.5) is 0 Å². The normalized spacial score (nSPS) is 9.89. The molecule has 1 aromatic carbocycles. The molecule has 18 heavy (non-hydrogen) atoms. The molecule has 0 fully saturated rings. The van der Waals surface area contributed by atoms with E-state index in [1.54, 1.807) is 12.1 Å². The lowest BCUT2D eigenvalue weighted by Gasteiger charge is -2.12. The second-order valence-electron chi connectivity index (χ2n) is 3.80. The van der Waals surface area contributed by atoms with E-state index in [0.717, 1.165) is 12.8 Å². The number of unbranched alkanes of at least 4 members (excludes halogenated alkanes) is 1. The van der Waals surface area contributed by atoms with Gasteiger partial charge in [-0.2, -0.15) is 0 Å². The fraction of sp³-hybridized carbons (Fsp3) is 0.357. The molecule has 0 spiro atoms. The van der Waals surface area contributed by atoms with Crippen LogP contribution in [0.1, 0.15) is 35.7 Å². The molecule has 0 aliphatic heterocycles. The molecule has 4 nitrogen and oxygen atoms in total. The van der Waals surface area contributed by atoms with Crippen LogP contribution >= 0.6 is 0 Å². The minimum Gasteiger partial charge on any atom is -0.496 e. The molecule has 0 radical (unpaired) electrons. The third-order valence-corrected chi connectivity index (χ3v) is 2.53. The van der Waals surface area contributed by atoms with Crippen molar-refractivity contribution in [2.24, 2.45) is 0 Å². The Labute approximate surface area is 107 Å². The molecule has 0 saturated heterocycles. The van der Waals surface area contributed by atoms with E-state index >= 15 is 0 Å². The summed E-state index contributed by atoms with van der Waals surface area (Å²) >= 11 is 0. The van der Waals surface area contributed by atoms with Crippen molar-refractivity contribution in [1.29, 1.82) is 0 Å². The molecule has 0 amide bonds. The van der Waals surface area contributed by atoms with Gasteiger partial charge in [-0.25, -0.2) is 4.79 Å². The summed E-state index contributed by atoms with van der Waals surface area (Å²) in [5, 5.41) is 9.15. The summed E-state index contributed by atoms with van der Waals surface area (Å²) in [5.74, 6) is -0.159. The van der Waals surface area contributed by atoms with Gasteiger partial charge in [0.2, 0.25) is 0 Å². The average molecular weight is 250 g/mol. The van der Waals surface area contributed by atoms with E-state index in [0.29, 0.717) is 17.9 Å². The van der Waals surface area contributed by atoms with Crippen molar-refractivity contribution in [2.75, 3.05) is 13.7 Å². The van der Waals surface area contributed by atoms with Gasteiger partial charge in [0.05, 0.1) is 13.7 Å². The number of rotatable bonds is 7. The minimum absolute atomic E-state index is 0.107. The van der Waals surface area contributed by atoms with E-state index < -0.39 is 5.97 Å². The maximum absolute atomic E-state index is 11.2. The van der Waals surface area contributed by atoms with Crippen LogP contribution in [-0.4, -0.2) is 24.8 Å². The molecular formula is C14H18O4. The topological polar surface area (TPSA) is 55.8 Å². The lowest BCUT2D eigenvalue weighted by molar-refractivity contribution is 0.0693. The summed E-state index contributed by atoms with van der Waals surface area (Å²) in [6.07, 6.45) is 3.48. The zero-order valence-electron chi connectivity index (χ0n) is 10.7. The molecule has 0 unspecified atom stereocenters. The summed E-state index contributed by atoms with van der Waals surface area (Å²) in [6, 6.07) is 3.25. The highest BCUT2D eigenvalue weighted by molar-refractivity contribution is 5.95. The molecule has 0 saturated carbocycles.